The maximum absolute atomic E-state index is 13.7. The highest BCUT2D eigenvalue weighted by Gasteiger charge is 2.71. The van der Waals surface area contributed by atoms with Crippen molar-refractivity contribution in [1.29, 1.82) is 0 Å². The molecule has 18 atom stereocenters. The Kier molecular flexibility index (Phi) is 10.8. The van der Waals surface area contributed by atoms with Crippen LogP contribution in [0, 0.1) is 50.2 Å². The van der Waals surface area contributed by atoms with Crippen LogP contribution < -0.4 is 0 Å². The van der Waals surface area contributed by atoms with Crippen molar-refractivity contribution in [2.24, 2.45) is 50.2 Å². The molecule has 2 aliphatic heterocycles. The smallest absolute Gasteiger partial charge is 0.315 e. The van der Waals surface area contributed by atoms with Gasteiger partial charge in [-0.1, -0.05) is 60.1 Å². The van der Waals surface area contributed by atoms with Crippen LogP contribution in [0.1, 0.15) is 106 Å². The van der Waals surface area contributed by atoms with Crippen LogP contribution in [0.25, 0.3) is 0 Å². The van der Waals surface area contributed by atoms with Gasteiger partial charge in [-0.15, -0.1) is 0 Å². The number of aliphatic hydroxyl groups is 7. The van der Waals surface area contributed by atoms with E-state index in [0.717, 1.165) is 38.5 Å². The molecule has 2 saturated heterocycles. The first-order valence-corrected chi connectivity index (χ1v) is 20.7. The Labute approximate surface area is 325 Å². The van der Waals surface area contributed by atoms with Gasteiger partial charge in [0.25, 0.3) is 0 Å². The first kappa shape index (κ1) is 41.9. The van der Waals surface area contributed by atoms with E-state index in [1.165, 1.54) is 12.7 Å². The zero-order chi connectivity index (χ0) is 40.3. The van der Waals surface area contributed by atoms with E-state index in [-0.39, 0.29) is 64.2 Å². The van der Waals surface area contributed by atoms with Gasteiger partial charge in [0.15, 0.2) is 12.6 Å². The minimum absolute atomic E-state index is 0.0436. The molecule has 7 N–H and O–H groups in total. The van der Waals surface area contributed by atoms with Crippen LogP contribution in [0.5, 0.6) is 0 Å². The van der Waals surface area contributed by atoms with Gasteiger partial charge < -0.3 is 59.4 Å². The molecule has 0 unspecified atom stereocenters. The Balaban J connectivity index is 1.10. The van der Waals surface area contributed by atoms with E-state index in [1.807, 2.05) is 0 Å². The van der Waals surface area contributed by atoms with Crippen molar-refractivity contribution in [1.82, 2.24) is 0 Å². The number of aliphatic hydroxyl groups excluding tert-OH is 7. The predicted octanol–water partition coefficient (Wildman–Crippen LogP) is 2.58. The van der Waals surface area contributed by atoms with Gasteiger partial charge in [-0.05, 0) is 103 Å². The molecule has 0 spiro atoms. The summed E-state index contributed by atoms with van der Waals surface area (Å²) in [6, 6.07) is 0. The second kappa shape index (κ2) is 14.2. The van der Waals surface area contributed by atoms with E-state index in [1.54, 1.807) is 0 Å². The number of hydrogen-bond acceptors (Lipinski definition) is 13. The first-order chi connectivity index (χ1) is 25.6. The number of carbonyl (C=O) groups excluding carboxylic acids is 1. The molecule has 0 aromatic carbocycles. The lowest BCUT2D eigenvalue weighted by atomic mass is 9.33. The molecule has 7 rings (SSSR count). The Bertz CT molecular complexity index is 1480. The third kappa shape index (κ3) is 6.23. The first-order valence-electron chi connectivity index (χ1n) is 20.7. The third-order valence-corrected chi connectivity index (χ3v) is 17.0. The molecular formula is C42H68O13. The highest BCUT2D eigenvalue weighted by molar-refractivity contribution is 5.79. The SMILES string of the molecule is COC(=O)[C@]12CCC(C)(C)C[C@H]1C1=CC[C@@H]3[C@@]4(C)CC[C@H](O[C@@H]5O[C@H](CO[C@@H]6OC[C@H](O)[C@H](O)[C@H]6O)[C@@H](O)[C@H](O)[C@H]5O)C(C)(C)[C@@H]4CC[C@@]3(C)[C@]1(C)C[C@H]2O. The van der Waals surface area contributed by atoms with Crippen molar-refractivity contribution < 1.29 is 64.2 Å². The van der Waals surface area contributed by atoms with E-state index in [4.69, 9.17) is 23.7 Å². The lowest BCUT2D eigenvalue weighted by molar-refractivity contribution is -0.340. The summed E-state index contributed by atoms with van der Waals surface area (Å²) in [6.45, 7) is 15.6. The average Bonchev–Trinajstić information content (AvgIpc) is 3.11. The van der Waals surface area contributed by atoms with Crippen LogP contribution in [0.4, 0.5) is 0 Å². The van der Waals surface area contributed by atoms with Crippen LogP contribution in [0.3, 0.4) is 0 Å². The van der Waals surface area contributed by atoms with E-state index in [0.29, 0.717) is 25.2 Å². The molecule has 0 bridgehead atoms. The number of esters is 1. The van der Waals surface area contributed by atoms with Gasteiger partial charge in [0.1, 0.15) is 48.1 Å². The Morgan fingerprint density at radius 3 is 2.18 bits per heavy atom. The summed E-state index contributed by atoms with van der Waals surface area (Å²) in [4.78, 5) is 13.7. The molecule has 13 nitrogen and oxygen atoms in total. The van der Waals surface area contributed by atoms with Gasteiger partial charge in [-0.2, -0.15) is 0 Å². The zero-order valence-electron chi connectivity index (χ0n) is 34.0. The summed E-state index contributed by atoms with van der Waals surface area (Å²) in [6.07, 6.45) is -4.14. The summed E-state index contributed by atoms with van der Waals surface area (Å²) < 4.78 is 29.1. The van der Waals surface area contributed by atoms with E-state index in [2.05, 4.69) is 54.5 Å². The maximum Gasteiger partial charge on any atom is 0.315 e. The van der Waals surface area contributed by atoms with E-state index >= 15 is 0 Å². The molecule has 7 aliphatic rings. The number of hydrogen-bond donors (Lipinski definition) is 7. The van der Waals surface area contributed by atoms with Crippen LogP contribution in [0.15, 0.2) is 11.6 Å². The molecule has 55 heavy (non-hydrogen) atoms. The van der Waals surface area contributed by atoms with Crippen molar-refractivity contribution in [2.75, 3.05) is 20.3 Å². The Morgan fingerprint density at radius 2 is 1.49 bits per heavy atom. The summed E-state index contributed by atoms with van der Waals surface area (Å²) in [5, 5.41) is 75.0. The van der Waals surface area contributed by atoms with Gasteiger partial charge in [-0.3, -0.25) is 4.79 Å². The van der Waals surface area contributed by atoms with Gasteiger partial charge in [0.05, 0.1) is 32.5 Å². The molecule has 13 heteroatoms. The van der Waals surface area contributed by atoms with Crippen molar-refractivity contribution in [3.05, 3.63) is 11.6 Å². The monoisotopic (exact) mass is 780 g/mol. The maximum atomic E-state index is 13.7. The quantitative estimate of drug-likeness (QED) is 0.118. The Hall–Kier alpha value is -1.23. The van der Waals surface area contributed by atoms with Crippen molar-refractivity contribution in [3.8, 4) is 0 Å². The minimum atomic E-state index is -1.59. The van der Waals surface area contributed by atoms with Gasteiger partial charge >= 0.3 is 5.97 Å². The van der Waals surface area contributed by atoms with Crippen molar-refractivity contribution in [3.63, 3.8) is 0 Å². The highest BCUT2D eigenvalue weighted by atomic mass is 16.7. The molecular weight excluding hydrogens is 712 g/mol. The lowest BCUT2D eigenvalue weighted by Crippen LogP contribution is -2.68. The molecule has 0 amide bonds. The van der Waals surface area contributed by atoms with Gasteiger partial charge in [0, 0.05) is 0 Å². The number of fused-ring (bicyclic) bond motifs is 7. The molecule has 0 radical (unpaired) electrons. The molecule has 0 aromatic rings. The highest BCUT2D eigenvalue weighted by Crippen LogP contribution is 2.76. The number of ether oxygens (including phenoxy) is 5. The fraction of sp³-hybridized carbons (Fsp3) is 0.929. The zero-order valence-corrected chi connectivity index (χ0v) is 34.0. The standard InChI is InChI=1S/C42H68O13/c1-37(2)15-16-42(36(50)51-8)22(17-37)21-9-10-26-39(5)13-12-28(38(3,4)25(39)11-14-40(26,6)41(21,7)18-27(42)44)55-35-33(49)31(47)30(46)24(54-35)20-53-34-32(48)29(45)23(43)19-52-34/h9,22-35,43-49H,10-20H2,1-8H3/t22-,23-,24+,25-,26+,27+,28-,29-,30+,31-,32+,33+,34-,35-,39-,40+,41+,42+/m0/s1. The largest absolute Gasteiger partial charge is 0.468 e. The van der Waals surface area contributed by atoms with Gasteiger partial charge in [0.2, 0.25) is 0 Å². The molecule has 6 fully saturated rings. The van der Waals surface area contributed by atoms with Crippen LogP contribution >= 0.6 is 0 Å². The fourth-order valence-corrected chi connectivity index (χ4v) is 13.6. The van der Waals surface area contributed by atoms with E-state index in [9.17, 15) is 40.5 Å². The van der Waals surface area contributed by atoms with Crippen LogP contribution in [-0.4, -0.2) is 130 Å². The van der Waals surface area contributed by atoms with Crippen LogP contribution in [-0.2, 0) is 28.5 Å². The molecule has 314 valence electrons. The number of carbonyl (C=O) groups is 1. The fourth-order valence-electron chi connectivity index (χ4n) is 13.6. The summed E-state index contributed by atoms with van der Waals surface area (Å²) in [7, 11) is 1.45. The molecule has 4 saturated carbocycles. The summed E-state index contributed by atoms with van der Waals surface area (Å²) >= 11 is 0. The predicted molar refractivity (Wildman–Crippen MR) is 198 cm³/mol. The molecule has 0 aromatic heterocycles. The number of allylic oxidation sites excluding steroid dienone is 2. The Morgan fingerprint density at radius 1 is 0.800 bits per heavy atom. The summed E-state index contributed by atoms with van der Waals surface area (Å²) in [5.41, 5.74) is -0.415. The summed E-state index contributed by atoms with van der Waals surface area (Å²) in [5.74, 6) is 0.200. The third-order valence-electron chi connectivity index (χ3n) is 17.0. The van der Waals surface area contributed by atoms with Gasteiger partial charge in [-0.25, -0.2) is 0 Å². The second-order valence-corrected chi connectivity index (χ2v) is 20.6. The topological polar surface area (TPSA) is 205 Å². The minimum Gasteiger partial charge on any atom is -0.468 e. The lowest BCUT2D eigenvalue weighted by Gasteiger charge is -2.71. The van der Waals surface area contributed by atoms with E-state index < -0.39 is 66.8 Å². The molecule has 2 heterocycles. The van der Waals surface area contributed by atoms with Crippen molar-refractivity contribution in [2.45, 2.75) is 174 Å². The number of methoxy groups -OCH3 is 1. The second-order valence-electron chi connectivity index (χ2n) is 20.6. The van der Waals surface area contributed by atoms with Crippen molar-refractivity contribution >= 4 is 5.97 Å². The number of rotatable bonds is 6. The molecule has 5 aliphatic carbocycles. The average molecular weight is 781 g/mol. The van der Waals surface area contributed by atoms with Crippen LogP contribution in [0.2, 0.25) is 0 Å². The normalized spacial score (nSPS) is 53.1.